The number of carbonyl (C=O) groups excluding carboxylic acids is 1. The van der Waals surface area contributed by atoms with Crippen molar-refractivity contribution in [1.82, 2.24) is 19.1 Å². The lowest BCUT2D eigenvalue weighted by Crippen LogP contribution is -2.44. The molecule has 0 fully saturated rings. The number of aromatic nitrogens is 4. The van der Waals surface area contributed by atoms with Crippen LogP contribution in [0, 0.1) is 6.92 Å². The van der Waals surface area contributed by atoms with E-state index in [0.29, 0.717) is 17.3 Å². The zero-order valence-corrected chi connectivity index (χ0v) is 21.0. The van der Waals surface area contributed by atoms with Crippen LogP contribution in [-0.4, -0.2) is 32.2 Å². The fourth-order valence-electron chi connectivity index (χ4n) is 3.70. The van der Waals surface area contributed by atoms with E-state index in [2.05, 4.69) is 21.9 Å². The highest BCUT2D eigenvalue weighted by molar-refractivity contribution is 5.70. The predicted molar refractivity (Wildman–Crippen MR) is 143 cm³/mol. The Labute approximate surface area is 218 Å². The molecule has 0 spiro atoms. The van der Waals surface area contributed by atoms with E-state index in [4.69, 9.17) is 9.47 Å². The highest BCUT2D eigenvalue weighted by Crippen LogP contribution is 2.23. The second-order valence-electron chi connectivity index (χ2n) is 8.45. The molecule has 10 heteroatoms. The van der Waals surface area contributed by atoms with Crippen LogP contribution < -0.4 is 21.4 Å². The summed E-state index contributed by atoms with van der Waals surface area (Å²) in [5.41, 5.74) is 1.02. The second kappa shape index (κ2) is 11.8. The van der Waals surface area contributed by atoms with Crippen molar-refractivity contribution in [2.75, 3.05) is 12.4 Å². The molecule has 0 radical (unpaired) electrons. The van der Waals surface area contributed by atoms with E-state index >= 15 is 0 Å². The Hall–Kier alpha value is -4.99. The standard InChI is InChI=1S/C28H27N5O5/c1-4-22(17-25(34)37-3)33-27(35)31-26(32(28(33)36)18-20-10-8-19(2)9-11-20)30-21-12-14-23(15-13-21)38-24-7-5-6-16-29-24/h4-16,22H,1,17-18H2,2-3H3,(H,30,31,35)/t22-/m1/s1. The summed E-state index contributed by atoms with van der Waals surface area (Å²) in [5.74, 6) is 0.484. The monoisotopic (exact) mass is 513 g/mol. The maximum absolute atomic E-state index is 13.6. The van der Waals surface area contributed by atoms with Crippen molar-refractivity contribution in [3.63, 3.8) is 0 Å². The summed E-state index contributed by atoms with van der Waals surface area (Å²) in [5, 5.41) is 3.06. The minimum absolute atomic E-state index is 0.0519. The van der Waals surface area contributed by atoms with Gasteiger partial charge in [0.25, 0.3) is 0 Å². The largest absolute Gasteiger partial charge is 0.469 e. The Balaban J connectivity index is 1.70. The maximum Gasteiger partial charge on any atom is 0.355 e. The minimum Gasteiger partial charge on any atom is -0.469 e. The summed E-state index contributed by atoms with van der Waals surface area (Å²) < 4.78 is 12.7. The van der Waals surface area contributed by atoms with Gasteiger partial charge in [-0.05, 0) is 42.8 Å². The van der Waals surface area contributed by atoms with Gasteiger partial charge in [-0.3, -0.25) is 9.36 Å². The Morgan fingerprint density at radius 2 is 1.82 bits per heavy atom. The molecular formula is C28H27N5O5. The maximum atomic E-state index is 13.6. The molecule has 0 bridgehead atoms. The number of hydrogen-bond acceptors (Lipinski definition) is 8. The first-order chi connectivity index (χ1) is 18.4. The van der Waals surface area contributed by atoms with Crippen LogP contribution in [0.3, 0.4) is 0 Å². The lowest BCUT2D eigenvalue weighted by molar-refractivity contribution is -0.141. The number of methoxy groups -OCH3 is 1. The van der Waals surface area contributed by atoms with Gasteiger partial charge in [0.05, 0.1) is 26.1 Å². The van der Waals surface area contributed by atoms with E-state index in [9.17, 15) is 14.4 Å². The van der Waals surface area contributed by atoms with Gasteiger partial charge in [0.15, 0.2) is 0 Å². The predicted octanol–water partition coefficient (Wildman–Crippen LogP) is 3.98. The normalized spacial score (nSPS) is 11.4. The van der Waals surface area contributed by atoms with E-state index in [1.165, 1.54) is 17.8 Å². The van der Waals surface area contributed by atoms with Gasteiger partial charge in [-0.2, -0.15) is 4.98 Å². The number of benzene rings is 2. The van der Waals surface area contributed by atoms with E-state index in [1.54, 1.807) is 42.6 Å². The van der Waals surface area contributed by atoms with E-state index in [0.717, 1.165) is 15.7 Å². The van der Waals surface area contributed by atoms with Gasteiger partial charge in [0.1, 0.15) is 5.75 Å². The van der Waals surface area contributed by atoms with Crippen molar-refractivity contribution >= 4 is 17.6 Å². The molecule has 2 heterocycles. The third kappa shape index (κ3) is 6.22. The molecular weight excluding hydrogens is 486 g/mol. The zero-order valence-electron chi connectivity index (χ0n) is 21.0. The van der Waals surface area contributed by atoms with Crippen molar-refractivity contribution in [2.24, 2.45) is 0 Å². The molecule has 2 aromatic heterocycles. The number of nitrogens with zero attached hydrogens (tertiary/aromatic N) is 4. The molecule has 1 atom stereocenters. The number of aryl methyl sites for hydroxylation is 1. The van der Waals surface area contributed by atoms with Crippen molar-refractivity contribution in [1.29, 1.82) is 0 Å². The van der Waals surface area contributed by atoms with Gasteiger partial charge in [-0.1, -0.05) is 42.0 Å². The topological polar surface area (TPSA) is 117 Å². The van der Waals surface area contributed by atoms with Gasteiger partial charge in [0.2, 0.25) is 11.8 Å². The Morgan fingerprint density at radius 1 is 1.08 bits per heavy atom. The summed E-state index contributed by atoms with van der Waals surface area (Å²) >= 11 is 0. The highest BCUT2D eigenvalue weighted by Gasteiger charge is 2.21. The smallest absolute Gasteiger partial charge is 0.355 e. The summed E-state index contributed by atoms with van der Waals surface area (Å²) in [6, 6.07) is 19.0. The van der Waals surface area contributed by atoms with Gasteiger partial charge < -0.3 is 14.8 Å². The number of ether oxygens (including phenoxy) is 2. The number of carbonyl (C=O) groups is 1. The average Bonchev–Trinajstić information content (AvgIpc) is 2.92. The molecule has 4 aromatic rings. The number of nitrogens with one attached hydrogen (secondary N) is 1. The quantitative estimate of drug-likeness (QED) is 0.250. The van der Waals surface area contributed by atoms with Crippen LogP contribution in [0.5, 0.6) is 11.6 Å². The van der Waals surface area contributed by atoms with Crippen LogP contribution in [0.25, 0.3) is 0 Å². The van der Waals surface area contributed by atoms with Crippen LogP contribution in [0.4, 0.5) is 11.6 Å². The van der Waals surface area contributed by atoms with Crippen molar-refractivity contribution in [3.05, 3.63) is 118 Å². The number of hydrogen-bond donors (Lipinski definition) is 1. The van der Waals surface area contributed by atoms with Gasteiger partial charge in [0, 0.05) is 18.0 Å². The molecule has 0 saturated carbocycles. The molecule has 0 aliphatic heterocycles. The lowest BCUT2D eigenvalue weighted by atomic mass is 10.1. The highest BCUT2D eigenvalue weighted by atomic mass is 16.5. The molecule has 38 heavy (non-hydrogen) atoms. The van der Waals surface area contributed by atoms with E-state index in [1.807, 2.05) is 37.3 Å². The lowest BCUT2D eigenvalue weighted by Gasteiger charge is -2.19. The zero-order chi connectivity index (χ0) is 27.1. The molecule has 0 aliphatic rings. The summed E-state index contributed by atoms with van der Waals surface area (Å²) in [6.45, 7) is 5.79. The first-order valence-electron chi connectivity index (χ1n) is 11.8. The molecule has 0 saturated heterocycles. The van der Waals surface area contributed by atoms with Crippen molar-refractivity contribution < 1.29 is 14.3 Å². The molecule has 4 rings (SSSR count). The van der Waals surface area contributed by atoms with Gasteiger partial charge in [-0.15, -0.1) is 6.58 Å². The van der Waals surface area contributed by atoms with E-state index in [-0.39, 0.29) is 18.9 Å². The minimum atomic E-state index is -0.920. The summed E-state index contributed by atoms with van der Waals surface area (Å²) in [6.07, 6.45) is 2.76. The summed E-state index contributed by atoms with van der Waals surface area (Å²) in [4.78, 5) is 46.8. The van der Waals surface area contributed by atoms with Crippen LogP contribution in [0.1, 0.15) is 23.6 Å². The first kappa shape index (κ1) is 26.1. The number of allylic oxidation sites excluding steroid dienone is 1. The number of rotatable bonds is 10. The Kier molecular flexibility index (Phi) is 8.12. The Bertz CT molecular complexity index is 1530. The van der Waals surface area contributed by atoms with Crippen LogP contribution in [0.2, 0.25) is 0 Å². The fourth-order valence-corrected chi connectivity index (χ4v) is 3.70. The summed E-state index contributed by atoms with van der Waals surface area (Å²) in [7, 11) is 1.24. The molecule has 194 valence electrons. The second-order valence-corrected chi connectivity index (χ2v) is 8.45. The third-order valence-corrected chi connectivity index (χ3v) is 5.74. The van der Waals surface area contributed by atoms with Gasteiger partial charge in [-0.25, -0.2) is 19.1 Å². The Morgan fingerprint density at radius 3 is 2.45 bits per heavy atom. The van der Waals surface area contributed by atoms with Gasteiger partial charge >= 0.3 is 17.3 Å². The number of anilines is 2. The van der Waals surface area contributed by atoms with Crippen LogP contribution in [0.15, 0.2) is 95.2 Å². The molecule has 0 amide bonds. The molecule has 2 aromatic carbocycles. The van der Waals surface area contributed by atoms with E-state index < -0.39 is 23.4 Å². The molecule has 0 unspecified atom stereocenters. The average molecular weight is 514 g/mol. The van der Waals surface area contributed by atoms with Crippen molar-refractivity contribution in [3.8, 4) is 11.6 Å². The van der Waals surface area contributed by atoms with Crippen LogP contribution >= 0.6 is 0 Å². The third-order valence-electron chi connectivity index (χ3n) is 5.74. The first-order valence-corrected chi connectivity index (χ1v) is 11.8. The molecule has 0 aliphatic carbocycles. The molecule has 1 N–H and O–H groups in total. The number of pyridine rings is 1. The van der Waals surface area contributed by atoms with Crippen molar-refractivity contribution in [2.45, 2.75) is 25.9 Å². The molecule has 10 nitrogen and oxygen atoms in total. The van der Waals surface area contributed by atoms with Crippen LogP contribution in [-0.2, 0) is 16.1 Å². The number of esters is 1. The fraction of sp³-hybridized carbons (Fsp3) is 0.179. The SMILES string of the molecule is C=C[C@H](CC(=O)OC)n1c(=O)nc(Nc2ccc(Oc3ccccn3)cc2)n(Cc2ccc(C)cc2)c1=O.